The number of carbonyl (C=O) groups is 2. The Kier molecular flexibility index (Phi) is 45.1. The molecule has 5 heteroatoms. The van der Waals surface area contributed by atoms with Crippen molar-refractivity contribution in [1.29, 1.82) is 0 Å². The number of benzene rings is 1. The van der Waals surface area contributed by atoms with Crippen LogP contribution in [0.4, 0.5) is 0 Å². The fraction of sp³-hybridized carbons (Fsp3) is 0.706. The fourth-order valence-electron chi connectivity index (χ4n) is 3.38. The molecular weight excluding hydrogens is 591 g/mol. The molecule has 0 spiro atoms. The number of carboxylic acid groups (broad SMARTS) is 2. The van der Waals surface area contributed by atoms with E-state index < -0.39 is 11.9 Å². The molecule has 0 heterocycles. The van der Waals surface area contributed by atoms with Gasteiger partial charge < -0.3 is 19.8 Å². The zero-order valence-electron chi connectivity index (χ0n) is 26.0. The van der Waals surface area contributed by atoms with Crippen molar-refractivity contribution in [2.24, 2.45) is 0 Å². The first-order valence-electron chi connectivity index (χ1n) is 15.4. The molecule has 0 unspecified atom stereocenters. The van der Waals surface area contributed by atoms with Gasteiger partial charge in [0.05, 0.1) is 5.97 Å². The number of carboxylic acids is 2. The van der Waals surface area contributed by atoms with Crippen molar-refractivity contribution in [3.8, 4) is 0 Å². The summed E-state index contributed by atoms with van der Waals surface area (Å²) < 4.78 is 0. The SMILES string of the molecule is CCCCCCCCCCCCCCCC(=O)[O-].CCCc1ccc(C(=O)[O-])cc1.[CH2]CCC.[CH2]CCC.[Sn+2]. The van der Waals surface area contributed by atoms with Crippen LogP contribution in [0.2, 0.25) is 0 Å². The summed E-state index contributed by atoms with van der Waals surface area (Å²) in [5, 5.41) is 20.5. The molecule has 0 aliphatic carbocycles. The normalized spacial score (nSPS) is 9.49. The molecule has 0 saturated carbocycles. The van der Waals surface area contributed by atoms with Crippen LogP contribution in [-0.2, 0) is 11.2 Å². The van der Waals surface area contributed by atoms with Crippen molar-refractivity contribution >= 4 is 35.8 Å². The van der Waals surface area contributed by atoms with Crippen LogP contribution in [0.25, 0.3) is 0 Å². The minimum atomic E-state index is -1.11. The largest absolute Gasteiger partial charge is 2.00 e. The van der Waals surface area contributed by atoms with Gasteiger partial charge in [-0.05, 0) is 30.4 Å². The molecule has 0 bridgehead atoms. The average Bonchev–Trinajstić information content (AvgIpc) is 2.92. The van der Waals surface area contributed by atoms with Gasteiger partial charge in [-0.15, -0.1) is 0 Å². The van der Waals surface area contributed by atoms with E-state index in [-0.39, 0.29) is 35.9 Å². The molecule has 0 aliphatic heterocycles. The molecular formula is C34H60O4Sn. The van der Waals surface area contributed by atoms with Gasteiger partial charge in [0, 0.05) is 5.97 Å². The topological polar surface area (TPSA) is 80.3 Å². The molecule has 0 fully saturated rings. The summed E-state index contributed by atoms with van der Waals surface area (Å²) in [5.74, 6) is -2.02. The molecule has 4 nitrogen and oxygen atoms in total. The molecule has 0 amide bonds. The molecule has 4 radical (unpaired) electrons. The number of carbonyl (C=O) groups excluding carboxylic acids is 2. The molecule has 0 aromatic heterocycles. The summed E-state index contributed by atoms with van der Waals surface area (Å²) in [7, 11) is 0. The van der Waals surface area contributed by atoms with Crippen LogP contribution in [0, 0.1) is 13.8 Å². The summed E-state index contributed by atoms with van der Waals surface area (Å²) in [6, 6.07) is 6.82. The molecule has 39 heavy (non-hydrogen) atoms. The average molecular weight is 652 g/mol. The fourth-order valence-corrected chi connectivity index (χ4v) is 3.38. The van der Waals surface area contributed by atoms with Crippen LogP contribution in [0.3, 0.4) is 0 Å². The molecule has 0 atom stereocenters. The third-order valence-corrected chi connectivity index (χ3v) is 5.92. The van der Waals surface area contributed by atoms with Crippen molar-refractivity contribution in [2.75, 3.05) is 0 Å². The second kappa shape index (κ2) is 39.1. The van der Waals surface area contributed by atoms with E-state index in [0.717, 1.165) is 38.5 Å². The first-order chi connectivity index (χ1) is 18.3. The maximum atomic E-state index is 10.4. The number of hydrogen-bond acceptors (Lipinski definition) is 4. The monoisotopic (exact) mass is 652 g/mol. The third kappa shape index (κ3) is 41.6. The van der Waals surface area contributed by atoms with E-state index in [4.69, 9.17) is 0 Å². The van der Waals surface area contributed by atoms with Gasteiger partial charge in [0.2, 0.25) is 0 Å². The first-order valence-corrected chi connectivity index (χ1v) is 15.4. The van der Waals surface area contributed by atoms with E-state index in [0.29, 0.717) is 0 Å². The van der Waals surface area contributed by atoms with Crippen LogP contribution in [-0.4, -0.2) is 35.8 Å². The second-order valence-electron chi connectivity index (χ2n) is 9.81. The van der Waals surface area contributed by atoms with Gasteiger partial charge in [0.15, 0.2) is 0 Å². The van der Waals surface area contributed by atoms with Crippen molar-refractivity contribution in [2.45, 2.75) is 156 Å². The van der Waals surface area contributed by atoms with Crippen LogP contribution >= 0.6 is 0 Å². The van der Waals surface area contributed by atoms with Gasteiger partial charge in [0.25, 0.3) is 0 Å². The Morgan fingerprint density at radius 3 is 1.23 bits per heavy atom. The smallest absolute Gasteiger partial charge is 0.550 e. The van der Waals surface area contributed by atoms with Crippen LogP contribution < -0.4 is 10.2 Å². The number of rotatable bonds is 19. The number of hydrogen-bond donors (Lipinski definition) is 0. The number of aromatic carboxylic acids is 1. The predicted molar refractivity (Wildman–Crippen MR) is 166 cm³/mol. The quantitative estimate of drug-likeness (QED) is 0.112. The first kappa shape index (κ1) is 45.0. The Morgan fingerprint density at radius 2 is 0.949 bits per heavy atom. The van der Waals surface area contributed by atoms with Crippen LogP contribution in [0.1, 0.15) is 166 Å². The molecule has 1 rings (SSSR count). The van der Waals surface area contributed by atoms with Gasteiger partial charge in [-0.1, -0.05) is 175 Å². The molecule has 1 aromatic rings. The minimum Gasteiger partial charge on any atom is -0.550 e. The summed E-state index contributed by atoms with van der Waals surface area (Å²) >= 11 is 0. The number of unbranched alkanes of at least 4 members (excludes halogenated alkanes) is 14. The molecule has 0 N–H and O–H groups in total. The van der Waals surface area contributed by atoms with E-state index in [1.807, 2.05) is 12.1 Å². The summed E-state index contributed by atoms with van der Waals surface area (Å²) in [4.78, 5) is 20.5. The van der Waals surface area contributed by atoms with Gasteiger partial charge in [0.1, 0.15) is 0 Å². The predicted octanol–water partition coefficient (Wildman–Crippen LogP) is 8.08. The maximum Gasteiger partial charge on any atom is 2.00 e. The molecule has 0 saturated heterocycles. The Morgan fingerprint density at radius 1 is 0.590 bits per heavy atom. The Balaban J connectivity index is -0.000000249. The Bertz CT molecular complexity index is 594. The molecule has 0 aliphatic rings. The Labute approximate surface area is 260 Å². The second-order valence-corrected chi connectivity index (χ2v) is 9.81. The zero-order chi connectivity index (χ0) is 29.3. The maximum absolute atomic E-state index is 10.4. The zero-order valence-corrected chi connectivity index (χ0v) is 28.9. The van der Waals surface area contributed by atoms with Gasteiger partial charge in [-0.3, -0.25) is 0 Å². The van der Waals surface area contributed by atoms with Crippen molar-refractivity contribution in [3.05, 3.63) is 49.2 Å². The number of aryl methyl sites for hydroxylation is 1. The van der Waals surface area contributed by atoms with Gasteiger partial charge >= 0.3 is 23.9 Å². The Hall–Kier alpha value is -1.04. The van der Waals surface area contributed by atoms with E-state index in [2.05, 4.69) is 41.5 Å². The summed E-state index contributed by atoms with van der Waals surface area (Å²) in [6.45, 7) is 15.8. The van der Waals surface area contributed by atoms with Gasteiger partial charge in [-0.2, -0.15) is 0 Å². The van der Waals surface area contributed by atoms with Crippen LogP contribution in [0.5, 0.6) is 0 Å². The van der Waals surface area contributed by atoms with E-state index >= 15 is 0 Å². The summed E-state index contributed by atoms with van der Waals surface area (Å²) in [5.41, 5.74) is 1.41. The minimum absolute atomic E-state index is 0. The standard InChI is InChI=1S/C16H32O2.C10H12O2.2C4H9.Sn/c1-2-3-4-5-6-7-8-9-10-11-12-13-14-15-16(17)18;1-2-3-8-4-6-9(7-5-8)10(11)12;2*1-3-4-2;/h2-15H2,1H3,(H,17,18);4-7H,2-3H2,1H3,(H,11,12);2*1,3-4H2,2H3;/q;;;;+2/p-2. The number of aliphatic carboxylic acids is 1. The van der Waals surface area contributed by atoms with E-state index in [1.54, 1.807) is 12.1 Å². The van der Waals surface area contributed by atoms with E-state index in [1.165, 1.54) is 89.0 Å². The van der Waals surface area contributed by atoms with Crippen molar-refractivity contribution in [3.63, 3.8) is 0 Å². The van der Waals surface area contributed by atoms with Gasteiger partial charge in [-0.25, -0.2) is 0 Å². The summed E-state index contributed by atoms with van der Waals surface area (Å²) in [6.07, 6.45) is 23.6. The molecule has 224 valence electrons. The van der Waals surface area contributed by atoms with E-state index in [9.17, 15) is 19.8 Å². The third-order valence-electron chi connectivity index (χ3n) is 5.92. The molecule has 1 aromatic carbocycles. The van der Waals surface area contributed by atoms with Crippen LogP contribution in [0.15, 0.2) is 24.3 Å². The van der Waals surface area contributed by atoms with Crippen molar-refractivity contribution < 1.29 is 19.8 Å². The van der Waals surface area contributed by atoms with Crippen molar-refractivity contribution in [1.82, 2.24) is 0 Å².